The summed E-state index contributed by atoms with van der Waals surface area (Å²) in [6, 6.07) is 12.5. The Balaban J connectivity index is 1.83. The lowest BCUT2D eigenvalue weighted by molar-refractivity contribution is -0.126. The lowest BCUT2D eigenvalue weighted by atomic mass is 10.2. The first-order valence-corrected chi connectivity index (χ1v) is 8.48. The molecule has 0 aliphatic carbocycles. The van der Waals surface area contributed by atoms with Crippen molar-refractivity contribution in [1.29, 1.82) is 0 Å². The minimum absolute atomic E-state index is 0.0742. The van der Waals surface area contributed by atoms with Gasteiger partial charge in [-0.1, -0.05) is 30.3 Å². The van der Waals surface area contributed by atoms with Crippen molar-refractivity contribution in [2.24, 2.45) is 0 Å². The summed E-state index contributed by atoms with van der Waals surface area (Å²) in [5, 5.41) is 5.51. The maximum absolute atomic E-state index is 12.3. The van der Waals surface area contributed by atoms with Gasteiger partial charge in [-0.2, -0.15) is 0 Å². The van der Waals surface area contributed by atoms with Crippen molar-refractivity contribution in [3.8, 4) is 0 Å². The van der Waals surface area contributed by atoms with Crippen molar-refractivity contribution in [2.45, 2.75) is 19.0 Å². The van der Waals surface area contributed by atoms with E-state index in [1.165, 1.54) is 6.08 Å². The van der Waals surface area contributed by atoms with E-state index in [0.717, 1.165) is 11.3 Å². The number of amides is 2. The third kappa shape index (κ3) is 5.89. The number of hydrogen-bond acceptors (Lipinski definition) is 4. The number of benzene rings is 1. The quantitative estimate of drug-likeness (QED) is 0.712. The summed E-state index contributed by atoms with van der Waals surface area (Å²) in [6.07, 6.45) is 4.74. The van der Waals surface area contributed by atoms with Crippen molar-refractivity contribution in [1.82, 2.24) is 15.5 Å². The largest absolute Gasteiger partial charge is 0.468 e. The molecule has 0 spiro atoms. The second-order valence-electron chi connectivity index (χ2n) is 6.21. The van der Waals surface area contributed by atoms with Gasteiger partial charge in [0, 0.05) is 12.6 Å². The highest BCUT2D eigenvalue weighted by molar-refractivity contribution is 5.95. The number of hydrogen-bond donors (Lipinski definition) is 2. The fourth-order valence-electron chi connectivity index (χ4n) is 2.43. The minimum atomic E-state index is -0.637. The van der Waals surface area contributed by atoms with Gasteiger partial charge >= 0.3 is 0 Å². The van der Waals surface area contributed by atoms with Crippen LogP contribution < -0.4 is 10.6 Å². The first-order valence-electron chi connectivity index (χ1n) is 8.48. The highest BCUT2D eigenvalue weighted by atomic mass is 16.3. The van der Waals surface area contributed by atoms with E-state index in [9.17, 15) is 9.59 Å². The molecule has 26 heavy (non-hydrogen) atoms. The van der Waals surface area contributed by atoms with E-state index in [4.69, 9.17) is 4.42 Å². The van der Waals surface area contributed by atoms with Crippen LogP contribution in [0.1, 0.15) is 24.3 Å². The normalized spacial score (nSPS) is 13.5. The molecule has 0 aliphatic rings. The van der Waals surface area contributed by atoms with Gasteiger partial charge in [0.05, 0.1) is 12.3 Å². The van der Waals surface area contributed by atoms with E-state index < -0.39 is 6.04 Å². The molecule has 0 bridgehead atoms. The molecule has 138 valence electrons. The third-order valence-electron chi connectivity index (χ3n) is 3.94. The molecular formula is C20H25N3O3. The van der Waals surface area contributed by atoms with Gasteiger partial charge in [0.25, 0.3) is 0 Å². The maximum atomic E-state index is 12.3. The third-order valence-corrected chi connectivity index (χ3v) is 3.94. The zero-order valence-corrected chi connectivity index (χ0v) is 15.3. The molecule has 2 unspecified atom stereocenters. The van der Waals surface area contributed by atoms with Gasteiger partial charge in [0.15, 0.2) is 0 Å². The van der Waals surface area contributed by atoms with E-state index in [-0.39, 0.29) is 17.9 Å². The van der Waals surface area contributed by atoms with Crippen LogP contribution in [0.25, 0.3) is 6.08 Å². The van der Waals surface area contributed by atoms with Gasteiger partial charge in [0.2, 0.25) is 11.8 Å². The summed E-state index contributed by atoms with van der Waals surface area (Å²) in [6.45, 7) is 2.04. The number of carbonyl (C=O) groups is 2. The van der Waals surface area contributed by atoms with Crippen LogP contribution in [-0.2, 0) is 9.59 Å². The SMILES string of the molecule is CC(NC(=O)/C=C/c1ccccc1)C(=O)NCC(c1ccco1)N(C)C. The van der Waals surface area contributed by atoms with E-state index in [0.29, 0.717) is 6.54 Å². The molecule has 1 aromatic heterocycles. The maximum Gasteiger partial charge on any atom is 0.244 e. The average Bonchev–Trinajstić information content (AvgIpc) is 3.14. The topological polar surface area (TPSA) is 74.6 Å². The molecule has 6 nitrogen and oxygen atoms in total. The van der Waals surface area contributed by atoms with Gasteiger partial charge in [-0.05, 0) is 44.8 Å². The zero-order valence-electron chi connectivity index (χ0n) is 15.3. The van der Waals surface area contributed by atoms with E-state index >= 15 is 0 Å². The molecule has 0 radical (unpaired) electrons. The van der Waals surface area contributed by atoms with Gasteiger partial charge in [-0.25, -0.2) is 0 Å². The van der Waals surface area contributed by atoms with Crippen molar-refractivity contribution < 1.29 is 14.0 Å². The second-order valence-corrected chi connectivity index (χ2v) is 6.21. The molecule has 0 aliphatic heterocycles. The monoisotopic (exact) mass is 355 g/mol. The predicted octanol–water partition coefficient (Wildman–Crippen LogP) is 2.22. The smallest absolute Gasteiger partial charge is 0.244 e. The van der Waals surface area contributed by atoms with Crippen LogP contribution in [0.5, 0.6) is 0 Å². The van der Waals surface area contributed by atoms with Crippen LogP contribution in [0.15, 0.2) is 59.2 Å². The Morgan fingerprint density at radius 3 is 2.50 bits per heavy atom. The van der Waals surface area contributed by atoms with E-state index in [2.05, 4.69) is 10.6 Å². The Bertz CT molecular complexity index is 724. The van der Waals surface area contributed by atoms with Crippen LogP contribution in [0.4, 0.5) is 0 Å². The summed E-state index contributed by atoms with van der Waals surface area (Å²) >= 11 is 0. The Kier molecular flexibility index (Phi) is 7.17. The number of likely N-dealkylation sites (N-methyl/N-ethyl adjacent to an activating group) is 1. The molecule has 2 amide bonds. The van der Waals surface area contributed by atoms with Crippen LogP contribution in [0.3, 0.4) is 0 Å². The highest BCUT2D eigenvalue weighted by Crippen LogP contribution is 2.17. The van der Waals surface area contributed by atoms with Crippen molar-refractivity contribution in [3.05, 3.63) is 66.1 Å². The molecule has 2 aromatic rings. The summed E-state index contributed by atoms with van der Waals surface area (Å²) in [5.74, 6) is 0.217. The average molecular weight is 355 g/mol. The number of furan rings is 1. The lowest BCUT2D eigenvalue weighted by Gasteiger charge is -2.23. The van der Waals surface area contributed by atoms with Crippen LogP contribution >= 0.6 is 0 Å². The standard InChI is InChI=1S/C20H25N3O3/c1-15(22-19(24)12-11-16-8-5-4-6-9-16)20(25)21-14-17(23(2)3)18-10-7-13-26-18/h4-13,15,17H,14H2,1-3H3,(H,21,25)(H,22,24)/b12-11+. The number of rotatable bonds is 8. The zero-order chi connectivity index (χ0) is 18.9. The first kappa shape index (κ1) is 19.5. The van der Waals surface area contributed by atoms with E-state index in [1.54, 1.807) is 19.3 Å². The molecule has 0 saturated carbocycles. The molecule has 6 heteroatoms. The summed E-state index contributed by atoms with van der Waals surface area (Å²) in [7, 11) is 3.83. The Morgan fingerprint density at radius 2 is 1.88 bits per heavy atom. The minimum Gasteiger partial charge on any atom is -0.468 e. The molecular weight excluding hydrogens is 330 g/mol. The molecule has 1 aromatic carbocycles. The fourth-order valence-corrected chi connectivity index (χ4v) is 2.43. The molecule has 1 heterocycles. The fraction of sp³-hybridized carbons (Fsp3) is 0.300. The number of carbonyl (C=O) groups excluding carboxylic acids is 2. The van der Waals surface area contributed by atoms with Gasteiger partial charge < -0.3 is 15.1 Å². The highest BCUT2D eigenvalue weighted by Gasteiger charge is 2.20. The predicted molar refractivity (Wildman–Crippen MR) is 101 cm³/mol. The molecule has 2 rings (SSSR count). The molecule has 2 N–H and O–H groups in total. The van der Waals surface area contributed by atoms with Gasteiger partial charge in [-0.3, -0.25) is 14.5 Å². The summed E-state index contributed by atoms with van der Waals surface area (Å²) in [5.41, 5.74) is 0.923. The molecule has 2 atom stereocenters. The number of nitrogens with one attached hydrogen (secondary N) is 2. The Morgan fingerprint density at radius 1 is 1.15 bits per heavy atom. The van der Waals surface area contributed by atoms with Crippen LogP contribution in [-0.4, -0.2) is 43.4 Å². The lowest BCUT2D eigenvalue weighted by Crippen LogP contribution is -2.46. The summed E-state index contributed by atoms with van der Waals surface area (Å²) < 4.78 is 5.42. The van der Waals surface area contributed by atoms with Crippen LogP contribution in [0, 0.1) is 0 Å². The number of nitrogens with zero attached hydrogens (tertiary/aromatic N) is 1. The molecule has 0 fully saturated rings. The van der Waals surface area contributed by atoms with Crippen molar-refractivity contribution >= 4 is 17.9 Å². The van der Waals surface area contributed by atoms with Crippen molar-refractivity contribution in [3.63, 3.8) is 0 Å². The van der Waals surface area contributed by atoms with Crippen molar-refractivity contribution in [2.75, 3.05) is 20.6 Å². The van der Waals surface area contributed by atoms with Gasteiger partial charge in [-0.15, -0.1) is 0 Å². The van der Waals surface area contributed by atoms with E-state index in [1.807, 2.05) is 61.5 Å². The first-order chi connectivity index (χ1) is 12.5. The Hall–Kier alpha value is -2.86. The molecule has 0 saturated heterocycles. The van der Waals surface area contributed by atoms with Gasteiger partial charge in [0.1, 0.15) is 11.8 Å². The Labute approximate surface area is 153 Å². The second kappa shape index (κ2) is 9.58. The summed E-state index contributed by atoms with van der Waals surface area (Å²) in [4.78, 5) is 26.2. The van der Waals surface area contributed by atoms with Crippen LogP contribution in [0.2, 0.25) is 0 Å².